The zero-order chi connectivity index (χ0) is 21.6. The molecule has 1 atom stereocenters. The van der Waals surface area contributed by atoms with Crippen LogP contribution in [0.5, 0.6) is 0 Å². The van der Waals surface area contributed by atoms with Crippen LogP contribution >= 0.6 is 0 Å². The number of carbonyl (C=O) groups excluding carboxylic acids is 2. The van der Waals surface area contributed by atoms with Crippen LogP contribution in [0.25, 0.3) is 0 Å². The Morgan fingerprint density at radius 3 is 2.63 bits per heavy atom. The molecule has 1 aliphatic rings. The topological polar surface area (TPSA) is 98.1 Å². The minimum atomic E-state index is -0.756. The predicted molar refractivity (Wildman–Crippen MR) is 113 cm³/mol. The van der Waals surface area contributed by atoms with Gasteiger partial charge in [-0.2, -0.15) is 0 Å². The molecule has 8 nitrogen and oxygen atoms in total. The number of aromatic nitrogens is 3. The molecule has 0 radical (unpaired) electrons. The van der Waals surface area contributed by atoms with Gasteiger partial charge < -0.3 is 19.9 Å². The molecule has 1 aromatic heterocycles. The van der Waals surface area contributed by atoms with Gasteiger partial charge in [0, 0.05) is 19.4 Å². The second-order valence-electron chi connectivity index (χ2n) is 8.60. The molecule has 2 heterocycles. The highest BCUT2D eigenvalue weighted by molar-refractivity contribution is 5.85. The molecule has 3 rings (SSSR count). The van der Waals surface area contributed by atoms with E-state index in [2.05, 4.69) is 25.4 Å². The standard InChI is InChI=1S/C22H31N5O3/c1-22(2,3)30-21(29)24-17(14-16-10-6-4-7-11-16)20(28)23-15-19-26-25-18-12-8-5-9-13-27(18)19/h4,6-7,10-11,17H,5,8-9,12-15H2,1-3H3,(H,23,28)(H,24,29)/t17-/m0/s1. The van der Waals surface area contributed by atoms with E-state index in [1.807, 2.05) is 30.3 Å². The fourth-order valence-electron chi connectivity index (χ4n) is 3.47. The quantitative estimate of drug-likeness (QED) is 0.759. The Bertz CT molecular complexity index is 857. The van der Waals surface area contributed by atoms with Gasteiger partial charge in [-0.15, -0.1) is 10.2 Å². The molecule has 8 heteroatoms. The first-order valence-corrected chi connectivity index (χ1v) is 10.5. The van der Waals surface area contributed by atoms with Crippen LogP contribution in [0.1, 0.15) is 57.2 Å². The van der Waals surface area contributed by atoms with Crippen molar-refractivity contribution >= 4 is 12.0 Å². The van der Waals surface area contributed by atoms with Gasteiger partial charge in [0.05, 0.1) is 6.54 Å². The van der Waals surface area contributed by atoms with Crippen LogP contribution in [0.15, 0.2) is 30.3 Å². The van der Waals surface area contributed by atoms with Crippen LogP contribution in [0.2, 0.25) is 0 Å². The van der Waals surface area contributed by atoms with Crippen molar-refractivity contribution in [2.24, 2.45) is 0 Å². The van der Waals surface area contributed by atoms with Gasteiger partial charge in [-0.3, -0.25) is 4.79 Å². The lowest BCUT2D eigenvalue weighted by molar-refractivity contribution is -0.123. The second kappa shape index (κ2) is 9.73. The van der Waals surface area contributed by atoms with E-state index < -0.39 is 17.7 Å². The molecule has 162 valence electrons. The summed E-state index contributed by atoms with van der Waals surface area (Å²) in [4.78, 5) is 25.2. The van der Waals surface area contributed by atoms with Gasteiger partial charge >= 0.3 is 6.09 Å². The highest BCUT2D eigenvalue weighted by atomic mass is 16.6. The molecule has 0 saturated heterocycles. The first-order chi connectivity index (χ1) is 14.3. The van der Waals surface area contributed by atoms with Gasteiger partial charge in [0.1, 0.15) is 17.5 Å². The lowest BCUT2D eigenvalue weighted by atomic mass is 10.1. The number of nitrogens with one attached hydrogen (secondary N) is 2. The molecular weight excluding hydrogens is 382 g/mol. The average molecular weight is 414 g/mol. The lowest BCUT2D eigenvalue weighted by Crippen LogP contribution is -2.49. The molecule has 0 fully saturated rings. The van der Waals surface area contributed by atoms with E-state index in [1.165, 1.54) is 6.42 Å². The number of aryl methyl sites for hydroxylation is 1. The maximum atomic E-state index is 12.9. The van der Waals surface area contributed by atoms with Crippen LogP contribution in [-0.2, 0) is 35.5 Å². The van der Waals surface area contributed by atoms with Crippen LogP contribution in [0.4, 0.5) is 4.79 Å². The molecule has 0 bridgehead atoms. The van der Waals surface area contributed by atoms with Gasteiger partial charge in [0.25, 0.3) is 0 Å². The van der Waals surface area contributed by atoms with E-state index in [0.717, 1.165) is 43.0 Å². The first-order valence-electron chi connectivity index (χ1n) is 10.5. The minimum Gasteiger partial charge on any atom is -0.444 e. The van der Waals surface area contributed by atoms with Crippen molar-refractivity contribution in [3.05, 3.63) is 47.5 Å². The molecule has 0 saturated carbocycles. The number of alkyl carbamates (subject to hydrolysis) is 1. The normalized spacial score (nSPS) is 14.9. The van der Waals surface area contributed by atoms with E-state index in [1.54, 1.807) is 20.8 Å². The molecule has 2 aromatic rings. The van der Waals surface area contributed by atoms with E-state index in [4.69, 9.17) is 4.74 Å². The van der Waals surface area contributed by atoms with E-state index in [-0.39, 0.29) is 12.5 Å². The summed E-state index contributed by atoms with van der Waals surface area (Å²) in [6.07, 6.45) is 4.04. The van der Waals surface area contributed by atoms with Gasteiger partial charge in [0.15, 0.2) is 5.82 Å². The third-order valence-electron chi connectivity index (χ3n) is 4.90. The summed E-state index contributed by atoms with van der Waals surface area (Å²) in [5, 5.41) is 14.1. The highest BCUT2D eigenvalue weighted by Crippen LogP contribution is 2.14. The fourth-order valence-corrected chi connectivity index (χ4v) is 3.47. The van der Waals surface area contributed by atoms with Crippen LogP contribution in [-0.4, -0.2) is 38.4 Å². The summed E-state index contributed by atoms with van der Waals surface area (Å²) in [7, 11) is 0. The number of fused-ring (bicyclic) bond motifs is 1. The number of hydrogen-bond acceptors (Lipinski definition) is 5. The molecule has 0 aliphatic carbocycles. The Hall–Kier alpha value is -2.90. The zero-order valence-electron chi connectivity index (χ0n) is 18.0. The summed E-state index contributed by atoms with van der Waals surface area (Å²) in [6.45, 7) is 6.51. The Labute approximate surface area is 177 Å². The summed E-state index contributed by atoms with van der Waals surface area (Å²) < 4.78 is 7.44. The highest BCUT2D eigenvalue weighted by Gasteiger charge is 2.25. The third kappa shape index (κ3) is 6.30. The monoisotopic (exact) mass is 413 g/mol. The largest absolute Gasteiger partial charge is 0.444 e. The van der Waals surface area contributed by atoms with Gasteiger partial charge in [0.2, 0.25) is 5.91 Å². The second-order valence-corrected chi connectivity index (χ2v) is 8.60. The Kier molecular flexibility index (Phi) is 7.07. The number of benzene rings is 1. The number of ether oxygens (including phenoxy) is 1. The molecule has 0 unspecified atom stereocenters. The minimum absolute atomic E-state index is 0.271. The molecule has 1 aromatic carbocycles. The molecular formula is C22H31N5O3. The summed E-state index contributed by atoms with van der Waals surface area (Å²) in [5.41, 5.74) is 0.307. The van der Waals surface area contributed by atoms with Gasteiger partial charge in [-0.25, -0.2) is 4.79 Å². The van der Waals surface area contributed by atoms with Gasteiger partial charge in [-0.1, -0.05) is 36.8 Å². The summed E-state index contributed by atoms with van der Waals surface area (Å²) in [6, 6.07) is 8.82. The SMILES string of the molecule is CC(C)(C)OC(=O)N[C@@H](Cc1ccccc1)C(=O)NCc1nnc2n1CCCCC2. The van der Waals surface area contributed by atoms with Crippen molar-refractivity contribution in [1.82, 2.24) is 25.4 Å². The number of amides is 2. The zero-order valence-corrected chi connectivity index (χ0v) is 18.0. The number of rotatable bonds is 6. The smallest absolute Gasteiger partial charge is 0.408 e. The lowest BCUT2D eigenvalue weighted by Gasteiger charge is -2.23. The number of carbonyl (C=O) groups is 2. The van der Waals surface area contributed by atoms with Crippen molar-refractivity contribution in [2.75, 3.05) is 0 Å². The molecule has 1 aliphatic heterocycles. The van der Waals surface area contributed by atoms with Crippen LogP contribution < -0.4 is 10.6 Å². The average Bonchev–Trinajstić information content (AvgIpc) is 2.91. The first kappa shape index (κ1) is 21.8. The molecule has 2 amide bonds. The maximum absolute atomic E-state index is 12.9. The fraction of sp³-hybridized carbons (Fsp3) is 0.545. The van der Waals surface area contributed by atoms with E-state index >= 15 is 0 Å². The van der Waals surface area contributed by atoms with Crippen molar-refractivity contribution in [1.29, 1.82) is 0 Å². The Balaban J connectivity index is 1.66. The molecule has 30 heavy (non-hydrogen) atoms. The number of hydrogen-bond donors (Lipinski definition) is 2. The maximum Gasteiger partial charge on any atom is 0.408 e. The van der Waals surface area contributed by atoms with Crippen LogP contribution in [0.3, 0.4) is 0 Å². The van der Waals surface area contributed by atoms with Crippen molar-refractivity contribution in [3.63, 3.8) is 0 Å². The Morgan fingerprint density at radius 2 is 1.90 bits per heavy atom. The summed E-state index contributed by atoms with van der Waals surface area (Å²) >= 11 is 0. The molecule has 2 N–H and O–H groups in total. The van der Waals surface area contributed by atoms with Crippen molar-refractivity contribution < 1.29 is 14.3 Å². The van der Waals surface area contributed by atoms with Crippen molar-refractivity contribution in [3.8, 4) is 0 Å². The Morgan fingerprint density at radius 1 is 1.13 bits per heavy atom. The summed E-state index contributed by atoms with van der Waals surface area (Å²) in [5.74, 6) is 1.44. The van der Waals surface area contributed by atoms with Crippen molar-refractivity contribution in [2.45, 2.75) is 77.6 Å². The predicted octanol–water partition coefficient (Wildman–Crippen LogP) is 2.76. The van der Waals surface area contributed by atoms with E-state index in [9.17, 15) is 9.59 Å². The molecule has 0 spiro atoms. The third-order valence-corrected chi connectivity index (χ3v) is 4.90. The number of nitrogens with zero attached hydrogens (tertiary/aromatic N) is 3. The van der Waals surface area contributed by atoms with Gasteiger partial charge in [-0.05, 0) is 39.2 Å². The van der Waals surface area contributed by atoms with E-state index in [0.29, 0.717) is 6.42 Å². The van der Waals surface area contributed by atoms with Crippen LogP contribution in [0, 0.1) is 0 Å².